The van der Waals surface area contributed by atoms with Crippen molar-refractivity contribution in [2.75, 3.05) is 0 Å². The monoisotopic (exact) mass is 410 g/mol. The number of aromatic carboxylic acids is 1. The fraction of sp³-hybridized carbons (Fsp3) is 0.0952. The first-order chi connectivity index (χ1) is 13.5. The van der Waals surface area contributed by atoms with Crippen LogP contribution in [0.2, 0.25) is 5.02 Å². The first-order valence-electron chi connectivity index (χ1n) is 8.56. The Morgan fingerprint density at radius 1 is 1.04 bits per heavy atom. The van der Waals surface area contributed by atoms with Crippen molar-refractivity contribution in [3.05, 3.63) is 92.6 Å². The van der Waals surface area contributed by atoms with Crippen LogP contribution >= 0.6 is 22.9 Å². The topological polar surface area (TPSA) is 70.0 Å². The molecule has 4 rings (SSSR count). The van der Waals surface area contributed by atoms with Crippen molar-refractivity contribution >= 4 is 40.5 Å². The van der Waals surface area contributed by atoms with Gasteiger partial charge in [0.05, 0.1) is 22.2 Å². The molecule has 0 fully saturated rings. The summed E-state index contributed by atoms with van der Waals surface area (Å²) in [6, 6.07) is 16.9. The summed E-state index contributed by atoms with van der Waals surface area (Å²) in [5.41, 5.74) is 2.37. The number of nitrogens with zero attached hydrogens (tertiary/aromatic N) is 2. The minimum absolute atomic E-state index is 0.205. The number of carbonyl (C=O) groups excluding carboxylic acids is 1. The lowest BCUT2D eigenvalue weighted by molar-refractivity contribution is 0.0690. The predicted octanol–water partition coefficient (Wildman–Crippen LogP) is 5.09. The lowest BCUT2D eigenvalue weighted by Gasteiger charge is -2.22. The van der Waals surface area contributed by atoms with Crippen LogP contribution in [0.4, 0.5) is 0 Å². The maximum absolute atomic E-state index is 13.1. The van der Waals surface area contributed by atoms with Gasteiger partial charge in [-0.2, -0.15) is 5.10 Å². The van der Waals surface area contributed by atoms with Crippen molar-refractivity contribution in [2.24, 2.45) is 5.10 Å². The van der Waals surface area contributed by atoms with E-state index in [-0.39, 0.29) is 17.5 Å². The Kier molecular flexibility index (Phi) is 4.98. The van der Waals surface area contributed by atoms with E-state index < -0.39 is 5.97 Å². The van der Waals surface area contributed by atoms with Crippen molar-refractivity contribution in [3.8, 4) is 0 Å². The van der Waals surface area contributed by atoms with Gasteiger partial charge in [-0.3, -0.25) is 4.79 Å². The number of hydrogen-bond donors (Lipinski definition) is 1. The lowest BCUT2D eigenvalue weighted by atomic mass is 9.99. The molecule has 1 amide bonds. The molecule has 5 nitrogen and oxygen atoms in total. The van der Waals surface area contributed by atoms with E-state index in [1.54, 1.807) is 59.9 Å². The van der Waals surface area contributed by atoms with E-state index in [1.807, 2.05) is 17.5 Å². The van der Waals surface area contributed by atoms with Gasteiger partial charge in [0.25, 0.3) is 5.91 Å². The highest BCUT2D eigenvalue weighted by Gasteiger charge is 2.34. The molecule has 2 aromatic carbocycles. The van der Waals surface area contributed by atoms with Gasteiger partial charge in [-0.25, -0.2) is 9.80 Å². The standard InChI is InChI=1S/C21H15ClN2O3S/c22-16-9-7-14(8-10-16)20(25)24-18(12-17(23-24)19-2-1-11-28-19)13-3-5-15(6-4-13)21(26)27/h1-11,18H,12H2,(H,26,27). The van der Waals surface area contributed by atoms with Crippen molar-refractivity contribution in [1.82, 2.24) is 5.01 Å². The van der Waals surface area contributed by atoms with Crippen LogP contribution in [0.15, 0.2) is 71.1 Å². The number of carboxylic acids is 1. The van der Waals surface area contributed by atoms with E-state index in [0.717, 1.165) is 16.2 Å². The molecule has 1 aromatic heterocycles. The Morgan fingerprint density at radius 3 is 2.32 bits per heavy atom. The van der Waals surface area contributed by atoms with E-state index in [4.69, 9.17) is 16.7 Å². The maximum atomic E-state index is 13.1. The number of benzene rings is 2. The van der Waals surface area contributed by atoms with E-state index in [0.29, 0.717) is 17.0 Å². The zero-order valence-corrected chi connectivity index (χ0v) is 16.2. The third kappa shape index (κ3) is 3.56. The molecule has 0 spiro atoms. The molecule has 1 aliphatic rings. The van der Waals surface area contributed by atoms with E-state index in [2.05, 4.69) is 5.10 Å². The van der Waals surface area contributed by atoms with Crippen molar-refractivity contribution in [2.45, 2.75) is 12.5 Å². The summed E-state index contributed by atoms with van der Waals surface area (Å²) in [5.74, 6) is -1.21. The number of rotatable bonds is 4. The lowest BCUT2D eigenvalue weighted by Crippen LogP contribution is -2.27. The first-order valence-corrected chi connectivity index (χ1v) is 9.82. The second kappa shape index (κ2) is 7.58. The Labute approximate surface area is 170 Å². The van der Waals surface area contributed by atoms with E-state index in [9.17, 15) is 9.59 Å². The van der Waals surface area contributed by atoms with Crippen LogP contribution < -0.4 is 0 Å². The molecule has 3 aromatic rings. The third-order valence-electron chi connectivity index (χ3n) is 4.56. The molecule has 7 heteroatoms. The highest BCUT2D eigenvalue weighted by atomic mass is 35.5. The summed E-state index contributed by atoms with van der Waals surface area (Å²) in [5, 5.41) is 17.7. The zero-order valence-electron chi connectivity index (χ0n) is 14.6. The quantitative estimate of drug-likeness (QED) is 0.651. The largest absolute Gasteiger partial charge is 0.478 e. The summed E-state index contributed by atoms with van der Waals surface area (Å²) in [7, 11) is 0. The highest BCUT2D eigenvalue weighted by Crippen LogP contribution is 2.35. The predicted molar refractivity (Wildman–Crippen MR) is 109 cm³/mol. The van der Waals surface area contributed by atoms with Gasteiger partial charge in [-0.1, -0.05) is 29.8 Å². The molecular formula is C21H15ClN2O3S. The molecule has 0 aliphatic carbocycles. The van der Waals surface area contributed by atoms with Crippen molar-refractivity contribution in [1.29, 1.82) is 0 Å². The van der Waals surface area contributed by atoms with Gasteiger partial charge in [0.1, 0.15) is 0 Å². The van der Waals surface area contributed by atoms with Gasteiger partial charge in [0.15, 0.2) is 0 Å². The number of hydrazone groups is 1. The van der Waals surface area contributed by atoms with Crippen LogP contribution in [-0.2, 0) is 0 Å². The minimum Gasteiger partial charge on any atom is -0.478 e. The van der Waals surface area contributed by atoms with Gasteiger partial charge < -0.3 is 5.11 Å². The van der Waals surface area contributed by atoms with Crippen molar-refractivity contribution in [3.63, 3.8) is 0 Å². The number of hydrogen-bond acceptors (Lipinski definition) is 4. The Hall–Kier alpha value is -2.96. The second-order valence-corrected chi connectivity index (χ2v) is 7.71. The summed E-state index contributed by atoms with van der Waals surface area (Å²) in [4.78, 5) is 25.3. The van der Waals surface area contributed by atoms with Crippen LogP contribution in [0.25, 0.3) is 0 Å². The third-order valence-corrected chi connectivity index (χ3v) is 5.73. The molecule has 28 heavy (non-hydrogen) atoms. The van der Waals surface area contributed by atoms with Gasteiger partial charge >= 0.3 is 5.97 Å². The summed E-state index contributed by atoms with van der Waals surface area (Å²) >= 11 is 7.50. The fourth-order valence-corrected chi connectivity index (χ4v) is 3.97. The maximum Gasteiger partial charge on any atom is 0.335 e. The Morgan fingerprint density at radius 2 is 1.71 bits per heavy atom. The normalized spacial score (nSPS) is 16.1. The molecule has 0 saturated heterocycles. The van der Waals surface area contributed by atoms with Gasteiger partial charge in [-0.15, -0.1) is 11.3 Å². The molecule has 1 unspecified atom stereocenters. The summed E-state index contributed by atoms with van der Waals surface area (Å²) in [6.07, 6.45) is 0.562. The molecule has 0 bridgehead atoms. The van der Waals surface area contributed by atoms with Crippen LogP contribution in [0.5, 0.6) is 0 Å². The zero-order chi connectivity index (χ0) is 19.7. The van der Waals surface area contributed by atoms with Gasteiger partial charge in [-0.05, 0) is 53.4 Å². The molecule has 0 radical (unpaired) electrons. The van der Waals surface area contributed by atoms with Crippen LogP contribution in [0.3, 0.4) is 0 Å². The van der Waals surface area contributed by atoms with E-state index in [1.165, 1.54) is 5.01 Å². The molecule has 2 heterocycles. The Bertz CT molecular complexity index is 1040. The average molecular weight is 411 g/mol. The summed E-state index contributed by atoms with van der Waals surface area (Å²) < 4.78 is 0. The van der Waals surface area contributed by atoms with Crippen LogP contribution in [-0.4, -0.2) is 27.7 Å². The van der Waals surface area contributed by atoms with Crippen LogP contribution in [0, 0.1) is 0 Å². The molecular weight excluding hydrogens is 396 g/mol. The minimum atomic E-state index is -0.984. The number of thiophene rings is 1. The van der Waals surface area contributed by atoms with E-state index >= 15 is 0 Å². The summed E-state index contributed by atoms with van der Waals surface area (Å²) in [6.45, 7) is 0. The number of carbonyl (C=O) groups is 2. The first kappa shape index (κ1) is 18.4. The fourth-order valence-electron chi connectivity index (χ4n) is 3.12. The molecule has 1 atom stereocenters. The molecule has 1 aliphatic heterocycles. The average Bonchev–Trinajstić information content (AvgIpc) is 3.38. The smallest absolute Gasteiger partial charge is 0.335 e. The second-order valence-electron chi connectivity index (χ2n) is 6.33. The number of carboxylic acid groups (broad SMARTS) is 1. The Balaban J connectivity index is 1.70. The van der Waals surface area contributed by atoms with Crippen molar-refractivity contribution < 1.29 is 14.7 Å². The highest BCUT2D eigenvalue weighted by molar-refractivity contribution is 7.12. The molecule has 0 saturated carbocycles. The number of amides is 1. The van der Waals surface area contributed by atoms with Crippen LogP contribution in [0.1, 0.15) is 43.6 Å². The van der Waals surface area contributed by atoms with Gasteiger partial charge in [0.2, 0.25) is 0 Å². The number of halogens is 1. The SMILES string of the molecule is O=C(O)c1ccc(C2CC(c3cccs3)=NN2C(=O)c2ccc(Cl)cc2)cc1. The molecule has 140 valence electrons. The van der Waals surface area contributed by atoms with Gasteiger partial charge in [0, 0.05) is 17.0 Å². The molecule has 1 N–H and O–H groups in total.